The Morgan fingerprint density at radius 1 is 0.631 bits per heavy atom. The van der Waals surface area contributed by atoms with Gasteiger partial charge in [0.2, 0.25) is 29.5 Å². The minimum Gasteiger partial charge on any atom is -0.481 e. The maximum absolute atomic E-state index is 14.0. The van der Waals surface area contributed by atoms with Gasteiger partial charge in [-0.25, -0.2) is 0 Å². The zero-order valence-corrected chi connectivity index (χ0v) is 43.7. The van der Waals surface area contributed by atoms with Gasteiger partial charge in [-0.1, -0.05) is 67.5 Å². The normalized spacial score (nSPS) is 20.5. The number of nitro benzene ring substituents is 1. The molecule has 1 aromatic carbocycles. The van der Waals surface area contributed by atoms with Gasteiger partial charge in [0.1, 0.15) is 21.0 Å². The highest BCUT2D eigenvalue weighted by Crippen LogP contribution is 2.53. The molecule has 2 aliphatic heterocycles. The molecule has 5 atom stereocenters. The number of carboxylic acids is 1. The lowest BCUT2D eigenvalue weighted by Gasteiger charge is -2.30. The van der Waals surface area contributed by atoms with Crippen molar-refractivity contribution in [3.05, 3.63) is 39.9 Å². The molecule has 3 rings (SSSR count). The minimum absolute atomic E-state index is 0.0455. The highest BCUT2D eigenvalue weighted by molar-refractivity contribution is 8.23. The molecule has 2 aliphatic rings. The summed E-state index contributed by atoms with van der Waals surface area (Å²) in [7, 11) is 0. The second kappa shape index (κ2) is 25.3. The molecule has 2 fully saturated rings. The molecule has 65 heavy (non-hydrogen) atoms. The Balaban J connectivity index is 1.74. The first-order chi connectivity index (χ1) is 30.2. The maximum Gasteiger partial charge on any atom is 0.311 e. The lowest BCUT2D eigenvalue weighted by atomic mass is 9.95. The van der Waals surface area contributed by atoms with E-state index in [1.54, 1.807) is 0 Å². The van der Waals surface area contributed by atoms with Gasteiger partial charge in [-0.15, -0.1) is 47.0 Å². The van der Waals surface area contributed by atoms with Crippen molar-refractivity contribution in [3.8, 4) is 0 Å². The number of benzene rings is 1. The highest BCUT2D eigenvalue weighted by atomic mass is 32.2. The van der Waals surface area contributed by atoms with Crippen LogP contribution in [0.2, 0.25) is 0 Å². The summed E-state index contributed by atoms with van der Waals surface area (Å²) in [6.07, 6.45) is 0.245. The zero-order chi connectivity index (χ0) is 49.0. The Labute approximate surface area is 403 Å². The van der Waals surface area contributed by atoms with Gasteiger partial charge in [0.15, 0.2) is 0 Å². The van der Waals surface area contributed by atoms with Gasteiger partial charge in [-0.05, 0) is 69.8 Å². The number of carboxylic acid groups (broad SMARTS) is 1. The molecular formula is C46H74N6O9S4. The SMILES string of the molecule is CC(C)CN(CC(C)C)C(=O)C1SC(C)(C)SC1C(=O)NCCCN(CCCNC(=O)C1SC(C)(C)SC1C(=O)N(CC(C)C)CC(C)C)C(=O)CC(C(=O)O)c1ccc([N+](=O)[O-])cc1. The van der Waals surface area contributed by atoms with Gasteiger partial charge in [-0.2, -0.15) is 0 Å². The van der Waals surface area contributed by atoms with Crippen molar-refractivity contribution in [3.63, 3.8) is 0 Å². The molecule has 5 amide bonds. The number of hydrogen-bond donors (Lipinski definition) is 3. The molecule has 5 unspecified atom stereocenters. The molecule has 0 radical (unpaired) electrons. The first-order valence-corrected chi connectivity index (χ1v) is 26.3. The van der Waals surface area contributed by atoms with Crippen LogP contribution in [0.15, 0.2) is 24.3 Å². The number of aliphatic carboxylic acids is 1. The fraction of sp³-hybridized carbons (Fsp3) is 0.739. The van der Waals surface area contributed by atoms with Crippen molar-refractivity contribution in [2.24, 2.45) is 23.7 Å². The van der Waals surface area contributed by atoms with Gasteiger partial charge < -0.3 is 30.4 Å². The number of carbonyl (C=O) groups is 6. The molecule has 1 aromatic rings. The smallest absolute Gasteiger partial charge is 0.311 e. The first-order valence-electron chi connectivity index (χ1n) is 22.8. The standard InChI is InChI=1S/C46H74N6O9S4/c1-28(2)24-50(25-29(3)4)42(56)38-36(62-45(9,10)64-38)40(54)47-19-13-21-49(35(53)23-34(44(58)59)32-15-17-33(18-16-32)52(60)61)22-14-20-48-41(55)37-39(65-46(11,12)63-37)43(57)51(26-30(5)6)27-31(7)8/h15-18,28-31,34,36-39H,13-14,19-27H2,1-12H3,(H,47,54)(H,48,55)(H,58,59). The number of rotatable bonds is 25. The third-order valence-electron chi connectivity index (χ3n) is 10.5. The van der Waals surface area contributed by atoms with E-state index in [0.29, 0.717) is 39.0 Å². The Kier molecular flexibility index (Phi) is 21.8. The summed E-state index contributed by atoms with van der Waals surface area (Å²) in [6.45, 7) is 27.7. The van der Waals surface area contributed by atoms with Gasteiger partial charge >= 0.3 is 5.97 Å². The van der Waals surface area contributed by atoms with Gasteiger partial charge in [0.25, 0.3) is 5.69 Å². The average Bonchev–Trinajstić information content (AvgIpc) is 3.71. The summed E-state index contributed by atoms with van der Waals surface area (Å²) >= 11 is 5.94. The molecule has 0 aliphatic carbocycles. The van der Waals surface area contributed by atoms with Crippen LogP contribution in [-0.4, -0.2) is 142 Å². The Morgan fingerprint density at radius 3 is 1.31 bits per heavy atom. The Morgan fingerprint density at radius 2 is 0.985 bits per heavy atom. The van der Waals surface area contributed by atoms with Crippen molar-refractivity contribution in [1.82, 2.24) is 25.3 Å². The van der Waals surface area contributed by atoms with Crippen molar-refractivity contribution in [2.75, 3.05) is 52.4 Å². The summed E-state index contributed by atoms with van der Waals surface area (Å²) in [4.78, 5) is 97.9. The summed E-state index contributed by atoms with van der Waals surface area (Å²) in [6, 6.07) is 5.09. The molecule has 15 nitrogen and oxygen atoms in total. The fourth-order valence-electron chi connectivity index (χ4n) is 7.90. The molecule has 0 bridgehead atoms. The molecule has 2 saturated heterocycles. The zero-order valence-electron chi connectivity index (χ0n) is 40.4. The van der Waals surface area contributed by atoms with E-state index in [0.717, 1.165) is 0 Å². The topological polar surface area (TPSA) is 200 Å². The van der Waals surface area contributed by atoms with Crippen molar-refractivity contribution in [2.45, 2.75) is 137 Å². The molecular weight excluding hydrogens is 909 g/mol. The fourth-order valence-corrected chi connectivity index (χ4v) is 14.6. The summed E-state index contributed by atoms with van der Waals surface area (Å²) in [5.74, 6) is -2.55. The van der Waals surface area contributed by atoms with Crippen LogP contribution < -0.4 is 10.6 Å². The molecule has 19 heteroatoms. The van der Waals surface area contributed by atoms with Crippen LogP contribution in [0.1, 0.15) is 114 Å². The van der Waals surface area contributed by atoms with Crippen LogP contribution in [-0.2, 0) is 28.8 Å². The van der Waals surface area contributed by atoms with Crippen molar-refractivity contribution < 1.29 is 38.8 Å². The first kappa shape index (κ1) is 56.2. The number of carbonyl (C=O) groups excluding carboxylic acids is 5. The molecule has 0 aromatic heterocycles. The maximum atomic E-state index is 14.0. The third-order valence-corrected chi connectivity index (χ3v) is 17.2. The van der Waals surface area contributed by atoms with E-state index in [1.807, 2.05) is 37.5 Å². The summed E-state index contributed by atoms with van der Waals surface area (Å²) in [5.41, 5.74) is 0.0408. The van der Waals surface area contributed by atoms with Crippen LogP contribution in [0, 0.1) is 33.8 Å². The largest absolute Gasteiger partial charge is 0.481 e. The van der Waals surface area contributed by atoms with E-state index in [2.05, 4.69) is 66.0 Å². The Bertz CT molecular complexity index is 1710. The van der Waals surface area contributed by atoms with Crippen LogP contribution in [0.25, 0.3) is 0 Å². The second-order valence-electron chi connectivity index (χ2n) is 19.6. The van der Waals surface area contributed by atoms with E-state index in [4.69, 9.17) is 0 Å². The van der Waals surface area contributed by atoms with E-state index >= 15 is 0 Å². The van der Waals surface area contributed by atoms with E-state index in [-0.39, 0.29) is 92.9 Å². The summed E-state index contributed by atoms with van der Waals surface area (Å²) in [5, 5.41) is 25.1. The third kappa shape index (κ3) is 17.8. The average molecular weight is 983 g/mol. The monoisotopic (exact) mass is 982 g/mol. The summed E-state index contributed by atoms with van der Waals surface area (Å²) < 4.78 is -0.729. The van der Waals surface area contributed by atoms with Gasteiger partial charge in [0.05, 0.1) is 19.0 Å². The van der Waals surface area contributed by atoms with Gasteiger partial charge in [-0.3, -0.25) is 38.9 Å². The number of thioether (sulfide) groups is 4. The van der Waals surface area contributed by atoms with Crippen LogP contribution in [0.4, 0.5) is 5.69 Å². The predicted octanol–water partition coefficient (Wildman–Crippen LogP) is 7.18. The quantitative estimate of drug-likeness (QED) is 0.0506. The van der Waals surface area contributed by atoms with Gasteiger partial charge in [0, 0.05) is 70.9 Å². The minimum atomic E-state index is -1.27. The molecule has 366 valence electrons. The number of non-ortho nitro benzene ring substituents is 1. The van der Waals surface area contributed by atoms with Crippen molar-refractivity contribution >= 4 is 88.2 Å². The molecule has 3 N–H and O–H groups in total. The lowest BCUT2D eigenvalue weighted by Crippen LogP contribution is -2.48. The number of nitro groups is 1. The van der Waals surface area contributed by atoms with Crippen LogP contribution >= 0.6 is 47.0 Å². The van der Waals surface area contributed by atoms with E-state index < -0.39 is 50.1 Å². The van der Waals surface area contributed by atoms with Crippen molar-refractivity contribution in [1.29, 1.82) is 0 Å². The van der Waals surface area contributed by atoms with Crippen LogP contribution in [0.3, 0.4) is 0 Å². The number of nitrogens with one attached hydrogen (secondary N) is 2. The number of hydrogen-bond acceptors (Lipinski definition) is 12. The van der Waals surface area contributed by atoms with E-state index in [1.165, 1.54) is 76.2 Å². The highest BCUT2D eigenvalue weighted by Gasteiger charge is 2.50. The lowest BCUT2D eigenvalue weighted by molar-refractivity contribution is -0.384. The second-order valence-corrected chi connectivity index (χ2v) is 27.2. The molecule has 0 spiro atoms. The molecule has 2 heterocycles. The molecule has 0 saturated carbocycles. The Hall–Kier alpha value is -3.16. The van der Waals surface area contributed by atoms with E-state index in [9.17, 15) is 44.0 Å². The predicted molar refractivity (Wildman–Crippen MR) is 266 cm³/mol. The van der Waals surface area contributed by atoms with Crippen LogP contribution in [0.5, 0.6) is 0 Å². The number of nitrogens with zero attached hydrogens (tertiary/aromatic N) is 4. The number of amides is 5.